The van der Waals surface area contributed by atoms with Crippen molar-refractivity contribution >= 4 is 22.8 Å². The first-order valence-electron chi connectivity index (χ1n) is 6.72. The molecule has 0 saturated heterocycles. The van der Waals surface area contributed by atoms with Crippen LogP contribution in [0.2, 0.25) is 0 Å². The van der Waals surface area contributed by atoms with Crippen LogP contribution in [0.3, 0.4) is 0 Å². The van der Waals surface area contributed by atoms with Gasteiger partial charge in [0.1, 0.15) is 5.82 Å². The Kier molecular flexibility index (Phi) is 3.69. The molecule has 2 aromatic carbocycles. The van der Waals surface area contributed by atoms with Gasteiger partial charge in [-0.25, -0.2) is 9.37 Å². The van der Waals surface area contributed by atoms with Crippen LogP contribution in [-0.4, -0.2) is 9.97 Å². The maximum atomic E-state index is 14.1. The van der Waals surface area contributed by atoms with E-state index in [-0.39, 0.29) is 11.9 Å². The van der Waals surface area contributed by atoms with Crippen molar-refractivity contribution in [3.63, 3.8) is 0 Å². The van der Waals surface area contributed by atoms with Crippen molar-refractivity contribution < 1.29 is 4.39 Å². The first-order chi connectivity index (χ1) is 10.0. The fraction of sp³-hybridized carbons (Fsp3) is 0.188. The normalized spacial score (nSPS) is 12.8. The summed E-state index contributed by atoms with van der Waals surface area (Å²) in [5.41, 5.74) is 9.56. The number of rotatable bonds is 3. The van der Waals surface area contributed by atoms with E-state index in [9.17, 15) is 4.39 Å². The van der Waals surface area contributed by atoms with E-state index >= 15 is 0 Å². The molecule has 5 heteroatoms. The molecule has 1 atom stereocenters. The van der Waals surface area contributed by atoms with Gasteiger partial charge in [0.15, 0.2) is 5.16 Å². The highest BCUT2D eigenvalue weighted by Gasteiger charge is 2.10. The Morgan fingerprint density at radius 2 is 2.05 bits per heavy atom. The first-order valence-corrected chi connectivity index (χ1v) is 7.54. The molecular weight excluding hydrogens is 285 g/mol. The van der Waals surface area contributed by atoms with Gasteiger partial charge in [-0.1, -0.05) is 12.1 Å². The third-order valence-corrected chi connectivity index (χ3v) is 4.24. The van der Waals surface area contributed by atoms with Crippen LogP contribution in [-0.2, 0) is 0 Å². The molecule has 0 saturated carbocycles. The van der Waals surface area contributed by atoms with Gasteiger partial charge >= 0.3 is 0 Å². The lowest BCUT2D eigenvalue weighted by Gasteiger charge is -2.07. The molecule has 0 aliphatic carbocycles. The minimum Gasteiger partial charge on any atom is -0.333 e. The lowest BCUT2D eigenvalue weighted by molar-refractivity contribution is 0.596. The van der Waals surface area contributed by atoms with Crippen LogP contribution in [0.15, 0.2) is 46.5 Å². The molecule has 3 N–H and O–H groups in total. The number of benzene rings is 2. The Hall–Kier alpha value is -1.85. The van der Waals surface area contributed by atoms with E-state index in [1.807, 2.05) is 38.1 Å². The van der Waals surface area contributed by atoms with E-state index in [1.54, 1.807) is 6.07 Å². The number of nitrogens with two attached hydrogens (primary N) is 1. The number of nitrogens with one attached hydrogen (secondary N) is 1. The zero-order valence-corrected chi connectivity index (χ0v) is 12.7. The van der Waals surface area contributed by atoms with Gasteiger partial charge in [0.2, 0.25) is 0 Å². The summed E-state index contributed by atoms with van der Waals surface area (Å²) in [6, 6.07) is 10.9. The van der Waals surface area contributed by atoms with Crippen molar-refractivity contribution in [1.82, 2.24) is 9.97 Å². The molecule has 1 aromatic heterocycles. The summed E-state index contributed by atoms with van der Waals surface area (Å²) in [5, 5.41) is 0.683. The predicted octanol–water partition coefficient (Wildman–Crippen LogP) is 4.18. The highest BCUT2D eigenvalue weighted by atomic mass is 32.2. The molecule has 1 heterocycles. The zero-order chi connectivity index (χ0) is 15.0. The standard InChI is InChI=1S/C16H16FN3S/c1-9-3-5-13-14(7-9)20-16(19-13)21-15-6-4-11(10(2)18)8-12(15)17/h3-8,10H,18H2,1-2H3,(H,19,20)/t10-/m1/s1. The van der Waals surface area contributed by atoms with Crippen LogP contribution in [0.5, 0.6) is 0 Å². The van der Waals surface area contributed by atoms with Crippen molar-refractivity contribution in [2.45, 2.75) is 29.9 Å². The number of H-pyrrole nitrogens is 1. The Morgan fingerprint density at radius 1 is 1.24 bits per heavy atom. The number of nitrogens with zero attached hydrogens (tertiary/aromatic N) is 1. The smallest absolute Gasteiger partial charge is 0.171 e. The number of aromatic amines is 1. The molecule has 0 aliphatic heterocycles. The van der Waals surface area contributed by atoms with Crippen LogP contribution in [0.4, 0.5) is 4.39 Å². The second-order valence-corrected chi connectivity index (χ2v) is 6.17. The number of aromatic nitrogens is 2. The van der Waals surface area contributed by atoms with E-state index < -0.39 is 0 Å². The van der Waals surface area contributed by atoms with Gasteiger partial charge in [0.25, 0.3) is 0 Å². The van der Waals surface area contributed by atoms with Gasteiger partial charge in [-0.3, -0.25) is 0 Å². The van der Waals surface area contributed by atoms with E-state index in [0.29, 0.717) is 10.1 Å². The van der Waals surface area contributed by atoms with Crippen LogP contribution >= 0.6 is 11.8 Å². The van der Waals surface area contributed by atoms with Gasteiger partial charge < -0.3 is 10.7 Å². The largest absolute Gasteiger partial charge is 0.333 e. The minimum absolute atomic E-state index is 0.173. The summed E-state index contributed by atoms with van der Waals surface area (Å²) in [7, 11) is 0. The molecule has 0 amide bonds. The summed E-state index contributed by atoms with van der Waals surface area (Å²) in [4.78, 5) is 8.21. The Bertz CT molecular complexity index is 795. The summed E-state index contributed by atoms with van der Waals surface area (Å²) in [6.45, 7) is 3.86. The zero-order valence-electron chi connectivity index (χ0n) is 11.9. The fourth-order valence-electron chi connectivity index (χ4n) is 2.14. The van der Waals surface area contributed by atoms with Gasteiger partial charge in [0.05, 0.1) is 15.9 Å². The highest BCUT2D eigenvalue weighted by Crippen LogP contribution is 2.30. The molecule has 0 aliphatic rings. The maximum absolute atomic E-state index is 14.1. The molecule has 21 heavy (non-hydrogen) atoms. The summed E-state index contributed by atoms with van der Waals surface area (Å²) < 4.78 is 14.1. The third kappa shape index (κ3) is 2.94. The number of halogens is 1. The van der Waals surface area contributed by atoms with E-state index in [4.69, 9.17) is 5.73 Å². The Balaban J connectivity index is 1.91. The lowest BCUT2D eigenvalue weighted by Crippen LogP contribution is -2.05. The lowest BCUT2D eigenvalue weighted by atomic mass is 10.1. The van der Waals surface area contributed by atoms with Crippen molar-refractivity contribution in [3.8, 4) is 0 Å². The van der Waals surface area contributed by atoms with Gasteiger partial charge in [-0.05, 0) is 61.0 Å². The summed E-state index contributed by atoms with van der Waals surface area (Å²) in [5.74, 6) is -0.272. The average Bonchev–Trinajstić information content (AvgIpc) is 2.82. The van der Waals surface area contributed by atoms with E-state index in [1.165, 1.54) is 17.8 Å². The molecule has 0 radical (unpaired) electrons. The van der Waals surface area contributed by atoms with E-state index in [0.717, 1.165) is 22.2 Å². The number of fused-ring (bicyclic) bond motifs is 1. The Morgan fingerprint density at radius 3 is 2.76 bits per heavy atom. The highest BCUT2D eigenvalue weighted by molar-refractivity contribution is 7.99. The minimum atomic E-state index is -0.272. The average molecular weight is 301 g/mol. The molecule has 3 aromatic rings. The SMILES string of the molecule is Cc1ccc2nc(Sc3ccc([C@@H](C)N)cc3F)[nH]c2c1. The molecule has 0 fully saturated rings. The third-order valence-electron chi connectivity index (χ3n) is 3.30. The van der Waals surface area contributed by atoms with Crippen molar-refractivity contribution in [2.24, 2.45) is 5.73 Å². The van der Waals surface area contributed by atoms with Crippen molar-refractivity contribution in [2.75, 3.05) is 0 Å². The van der Waals surface area contributed by atoms with Crippen LogP contribution in [0, 0.1) is 12.7 Å². The monoisotopic (exact) mass is 301 g/mol. The van der Waals surface area contributed by atoms with Gasteiger partial charge in [-0.2, -0.15) is 0 Å². The molecule has 0 bridgehead atoms. The molecular formula is C16H16FN3S. The molecule has 108 valence electrons. The summed E-state index contributed by atoms with van der Waals surface area (Å²) >= 11 is 1.28. The maximum Gasteiger partial charge on any atom is 0.171 e. The van der Waals surface area contributed by atoms with E-state index in [2.05, 4.69) is 9.97 Å². The molecule has 0 spiro atoms. The topological polar surface area (TPSA) is 54.7 Å². The van der Waals surface area contributed by atoms with Crippen LogP contribution < -0.4 is 5.73 Å². The number of hydrogen-bond donors (Lipinski definition) is 2. The van der Waals surface area contributed by atoms with Crippen LogP contribution in [0.25, 0.3) is 11.0 Å². The fourth-order valence-corrected chi connectivity index (χ4v) is 2.94. The van der Waals surface area contributed by atoms with Gasteiger partial charge in [0, 0.05) is 6.04 Å². The molecule has 3 rings (SSSR count). The number of aryl methyl sites for hydroxylation is 1. The second-order valence-electron chi connectivity index (χ2n) is 5.14. The molecule has 3 nitrogen and oxygen atoms in total. The number of imidazole rings is 1. The molecule has 0 unspecified atom stereocenters. The van der Waals surface area contributed by atoms with Gasteiger partial charge in [-0.15, -0.1) is 0 Å². The Labute approximate surface area is 126 Å². The predicted molar refractivity (Wildman–Crippen MR) is 84.0 cm³/mol. The number of hydrogen-bond acceptors (Lipinski definition) is 3. The van der Waals surface area contributed by atoms with Crippen molar-refractivity contribution in [1.29, 1.82) is 0 Å². The second kappa shape index (κ2) is 5.50. The van der Waals surface area contributed by atoms with Crippen molar-refractivity contribution in [3.05, 3.63) is 53.3 Å². The first kappa shape index (κ1) is 14.1. The summed E-state index contributed by atoms with van der Waals surface area (Å²) in [6.07, 6.45) is 0. The quantitative estimate of drug-likeness (QED) is 0.763. The van der Waals surface area contributed by atoms with Crippen LogP contribution in [0.1, 0.15) is 24.1 Å².